The van der Waals surface area contributed by atoms with Crippen molar-refractivity contribution >= 4 is 5.69 Å². The molecule has 0 aromatic heterocycles. The molecule has 0 atom stereocenters. The Balaban J connectivity index is 1.91. The maximum absolute atomic E-state index is 6.02. The molecular formula is C19H17N. The van der Waals surface area contributed by atoms with Gasteiger partial charge in [0.2, 0.25) is 0 Å². The van der Waals surface area contributed by atoms with Gasteiger partial charge in [0, 0.05) is 5.69 Å². The van der Waals surface area contributed by atoms with Crippen molar-refractivity contribution in [2.24, 2.45) is 0 Å². The lowest BCUT2D eigenvalue weighted by Crippen LogP contribution is -1.95. The second-order valence-electron chi connectivity index (χ2n) is 4.94. The van der Waals surface area contributed by atoms with Crippen LogP contribution in [0.1, 0.15) is 11.1 Å². The van der Waals surface area contributed by atoms with Crippen LogP contribution >= 0.6 is 0 Å². The van der Waals surface area contributed by atoms with Gasteiger partial charge in [0.15, 0.2) is 0 Å². The van der Waals surface area contributed by atoms with Gasteiger partial charge >= 0.3 is 0 Å². The van der Waals surface area contributed by atoms with Crippen molar-refractivity contribution in [3.8, 4) is 11.1 Å². The maximum Gasteiger partial charge on any atom is 0.0349 e. The Kier molecular flexibility index (Phi) is 3.51. The lowest BCUT2D eigenvalue weighted by Gasteiger charge is -2.08. The summed E-state index contributed by atoms with van der Waals surface area (Å²) >= 11 is 0. The van der Waals surface area contributed by atoms with E-state index >= 15 is 0 Å². The summed E-state index contributed by atoms with van der Waals surface area (Å²) in [5.41, 5.74) is 11.8. The average Bonchev–Trinajstić information content (AvgIpc) is 2.51. The SMILES string of the molecule is Nc1ccccc1Cc1cccc(-c2ccccc2)c1. The van der Waals surface area contributed by atoms with Crippen molar-refractivity contribution < 1.29 is 0 Å². The van der Waals surface area contributed by atoms with Crippen LogP contribution in [0.3, 0.4) is 0 Å². The molecule has 0 saturated heterocycles. The van der Waals surface area contributed by atoms with Crippen LogP contribution < -0.4 is 5.73 Å². The minimum atomic E-state index is 0.859. The second-order valence-corrected chi connectivity index (χ2v) is 4.94. The third-order valence-corrected chi connectivity index (χ3v) is 3.48. The van der Waals surface area contributed by atoms with E-state index < -0.39 is 0 Å². The second kappa shape index (κ2) is 5.62. The van der Waals surface area contributed by atoms with E-state index in [0.29, 0.717) is 0 Å². The van der Waals surface area contributed by atoms with Crippen LogP contribution in [-0.4, -0.2) is 0 Å². The van der Waals surface area contributed by atoms with E-state index in [4.69, 9.17) is 5.73 Å². The molecular weight excluding hydrogens is 242 g/mol. The van der Waals surface area contributed by atoms with Crippen LogP contribution in [0, 0.1) is 0 Å². The van der Waals surface area contributed by atoms with Gasteiger partial charge in [-0.2, -0.15) is 0 Å². The van der Waals surface area contributed by atoms with Crippen molar-refractivity contribution in [2.45, 2.75) is 6.42 Å². The monoisotopic (exact) mass is 259 g/mol. The Bertz CT molecular complexity index is 702. The summed E-state index contributed by atoms with van der Waals surface area (Å²) in [5.74, 6) is 0. The third kappa shape index (κ3) is 2.72. The fourth-order valence-corrected chi connectivity index (χ4v) is 2.41. The highest BCUT2D eigenvalue weighted by atomic mass is 14.6. The topological polar surface area (TPSA) is 26.0 Å². The van der Waals surface area contributed by atoms with Gasteiger partial charge in [0.25, 0.3) is 0 Å². The molecule has 3 aromatic carbocycles. The van der Waals surface area contributed by atoms with Gasteiger partial charge in [0.05, 0.1) is 0 Å². The van der Waals surface area contributed by atoms with E-state index in [1.165, 1.54) is 22.3 Å². The highest BCUT2D eigenvalue weighted by molar-refractivity contribution is 5.64. The molecule has 0 bridgehead atoms. The van der Waals surface area contributed by atoms with Gasteiger partial charge in [-0.1, -0.05) is 72.8 Å². The van der Waals surface area contributed by atoms with E-state index in [2.05, 4.69) is 54.6 Å². The number of para-hydroxylation sites is 1. The van der Waals surface area contributed by atoms with Gasteiger partial charge < -0.3 is 5.73 Å². The molecule has 98 valence electrons. The molecule has 3 aromatic rings. The van der Waals surface area contributed by atoms with Gasteiger partial charge in [-0.25, -0.2) is 0 Å². The standard InChI is InChI=1S/C19H17N/c20-19-12-5-4-10-18(19)14-15-7-6-11-17(13-15)16-8-2-1-3-9-16/h1-13H,14,20H2. The van der Waals surface area contributed by atoms with E-state index in [1.54, 1.807) is 0 Å². The van der Waals surface area contributed by atoms with Crippen molar-refractivity contribution in [3.63, 3.8) is 0 Å². The summed E-state index contributed by atoms with van der Waals surface area (Å²) in [6.07, 6.45) is 0.868. The molecule has 0 aliphatic heterocycles. The highest BCUT2D eigenvalue weighted by Gasteiger charge is 2.02. The fourth-order valence-electron chi connectivity index (χ4n) is 2.41. The summed E-state index contributed by atoms with van der Waals surface area (Å²) in [6.45, 7) is 0. The maximum atomic E-state index is 6.02. The molecule has 1 nitrogen and oxygen atoms in total. The molecule has 20 heavy (non-hydrogen) atoms. The molecule has 2 N–H and O–H groups in total. The average molecular weight is 259 g/mol. The van der Waals surface area contributed by atoms with Crippen molar-refractivity contribution in [3.05, 3.63) is 90.0 Å². The molecule has 0 amide bonds. The summed E-state index contributed by atoms with van der Waals surface area (Å²) < 4.78 is 0. The Morgan fingerprint density at radius 2 is 1.35 bits per heavy atom. The molecule has 0 unspecified atom stereocenters. The van der Waals surface area contributed by atoms with Crippen LogP contribution in [-0.2, 0) is 6.42 Å². The minimum Gasteiger partial charge on any atom is -0.398 e. The summed E-state index contributed by atoms with van der Waals surface area (Å²) in [7, 11) is 0. The van der Waals surface area contributed by atoms with E-state index in [1.807, 2.05) is 24.3 Å². The first-order valence-electron chi connectivity index (χ1n) is 6.81. The first kappa shape index (κ1) is 12.5. The molecule has 0 heterocycles. The number of hydrogen-bond donors (Lipinski definition) is 1. The molecule has 1 heteroatoms. The van der Waals surface area contributed by atoms with E-state index in [-0.39, 0.29) is 0 Å². The van der Waals surface area contributed by atoms with Gasteiger partial charge in [0.1, 0.15) is 0 Å². The molecule has 3 rings (SSSR count). The molecule has 0 saturated carbocycles. The predicted octanol–water partition coefficient (Wildman–Crippen LogP) is 4.53. The van der Waals surface area contributed by atoms with Crippen LogP contribution in [0.4, 0.5) is 5.69 Å². The predicted molar refractivity (Wildman–Crippen MR) is 85.5 cm³/mol. The van der Waals surface area contributed by atoms with Gasteiger partial charge in [-0.05, 0) is 34.7 Å². The number of nitrogens with two attached hydrogens (primary N) is 1. The van der Waals surface area contributed by atoms with E-state index in [9.17, 15) is 0 Å². The lowest BCUT2D eigenvalue weighted by molar-refractivity contribution is 1.20. The number of benzene rings is 3. The van der Waals surface area contributed by atoms with Crippen molar-refractivity contribution in [1.82, 2.24) is 0 Å². The smallest absolute Gasteiger partial charge is 0.0349 e. The summed E-state index contributed by atoms with van der Waals surface area (Å²) in [6, 6.07) is 27.1. The van der Waals surface area contributed by atoms with Crippen LogP contribution in [0.15, 0.2) is 78.9 Å². The molecule has 0 aliphatic rings. The first-order chi connectivity index (χ1) is 9.83. The molecule has 0 fully saturated rings. The number of anilines is 1. The lowest BCUT2D eigenvalue weighted by atomic mass is 9.98. The highest BCUT2D eigenvalue weighted by Crippen LogP contribution is 2.22. The normalized spacial score (nSPS) is 10.4. The summed E-state index contributed by atoms with van der Waals surface area (Å²) in [5, 5.41) is 0. The Hall–Kier alpha value is -2.54. The number of nitrogen functional groups attached to an aromatic ring is 1. The molecule has 0 aliphatic carbocycles. The quantitative estimate of drug-likeness (QED) is 0.687. The molecule has 0 radical (unpaired) electrons. The Morgan fingerprint density at radius 1 is 0.650 bits per heavy atom. The zero-order valence-corrected chi connectivity index (χ0v) is 11.3. The first-order valence-corrected chi connectivity index (χ1v) is 6.81. The number of rotatable bonds is 3. The third-order valence-electron chi connectivity index (χ3n) is 3.48. The minimum absolute atomic E-state index is 0.859. The Morgan fingerprint density at radius 3 is 2.15 bits per heavy atom. The van der Waals surface area contributed by atoms with Crippen molar-refractivity contribution in [1.29, 1.82) is 0 Å². The molecule has 0 spiro atoms. The fraction of sp³-hybridized carbons (Fsp3) is 0.0526. The Labute approximate surface area is 119 Å². The van der Waals surface area contributed by atoms with Crippen LogP contribution in [0.25, 0.3) is 11.1 Å². The zero-order valence-electron chi connectivity index (χ0n) is 11.3. The largest absolute Gasteiger partial charge is 0.398 e. The van der Waals surface area contributed by atoms with E-state index in [0.717, 1.165) is 12.1 Å². The van der Waals surface area contributed by atoms with Crippen LogP contribution in [0.2, 0.25) is 0 Å². The van der Waals surface area contributed by atoms with Crippen molar-refractivity contribution in [2.75, 3.05) is 5.73 Å². The zero-order chi connectivity index (χ0) is 13.8. The summed E-state index contributed by atoms with van der Waals surface area (Å²) in [4.78, 5) is 0. The van der Waals surface area contributed by atoms with Gasteiger partial charge in [-0.15, -0.1) is 0 Å². The number of hydrogen-bond acceptors (Lipinski definition) is 1. The van der Waals surface area contributed by atoms with Gasteiger partial charge in [-0.3, -0.25) is 0 Å². The van der Waals surface area contributed by atoms with Crippen LogP contribution in [0.5, 0.6) is 0 Å².